The first-order chi connectivity index (χ1) is 13.3. The molecule has 3 aromatic rings. The minimum Gasteiger partial charge on any atom is -0.497 e. The van der Waals surface area contributed by atoms with E-state index in [4.69, 9.17) is 9.47 Å². The quantitative estimate of drug-likeness (QED) is 0.550. The van der Waals surface area contributed by atoms with Gasteiger partial charge in [0.25, 0.3) is 0 Å². The summed E-state index contributed by atoms with van der Waals surface area (Å²) in [6.07, 6.45) is 0.883. The third-order valence-corrected chi connectivity index (χ3v) is 3.95. The molecule has 27 heavy (non-hydrogen) atoms. The van der Waals surface area contributed by atoms with E-state index in [1.807, 2.05) is 60.7 Å². The lowest BCUT2D eigenvalue weighted by Gasteiger charge is -2.12. The fraction of sp³-hybridized carbons (Fsp3) is 0.238. The summed E-state index contributed by atoms with van der Waals surface area (Å²) in [6.45, 7) is 1.44. The van der Waals surface area contributed by atoms with Gasteiger partial charge in [-0.05, 0) is 18.6 Å². The molecule has 140 valence electrons. The Balaban J connectivity index is 1.86. The molecule has 1 heterocycles. The number of hydrogen-bond acceptors (Lipinski definition) is 6. The van der Waals surface area contributed by atoms with Crippen molar-refractivity contribution in [3.05, 3.63) is 60.7 Å². The molecular weight excluding hydrogens is 340 g/mol. The Hall–Kier alpha value is -3.12. The summed E-state index contributed by atoms with van der Waals surface area (Å²) < 4.78 is 10.4. The van der Waals surface area contributed by atoms with Gasteiger partial charge in [0, 0.05) is 43.6 Å². The van der Waals surface area contributed by atoms with Crippen LogP contribution in [0.1, 0.15) is 6.42 Å². The minimum atomic E-state index is 0.581. The van der Waals surface area contributed by atoms with Crippen molar-refractivity contribution < 1.29 is 9.47 Å². The van der Waals surface area contributed by atoms with Gasteiger partial charge in [-0.2, -0.15) is 4.98 Å². The predicted molar refractivity (Wildman–Crippen MR) is 109 cm³/mol. The molecule has 0 saturated heterocycles. The van der Waals surface area contributed by atoms with Gasteiger partial charge >= 0.3 is 0 Å². The molecule has 6 heteroatoms. The molecule has 0 saturated carbocycles. The topological polar surface area (TPSA) is 68.3 Å². The van der Waals surface area contributed by atoms with Crippen LogP contribution < -0.4 is 15.4 Å². The number of nitrogens with zero attached hydrogens (tertiary/aromatic N) is 2. The van der Waals surface area contributed by atoms with Crippen LogP contribution in [0.3, 0.4) is 0 Å². The molecule has 0 fully saturated rings. The van der Waals surface area contributed by atoms with Crippen LogP contribution in [0.5, 0.6) is 5.75 Å². The van der Waals surface area contributed by atoms with Crippen LogP contribution in [0.4, 0.5) is 17.5 Å². The molecule has 2 aromatic carbocycles. The van der Waals surface area contributed by atoms with Gasteiger partial charge < -0.3 is 20.1 Å². The fourth-order valence-corrected chi connectivity index (χ4v) is 2.61. The lowest BCUT2D eigenvalue weighted by Crippen LogP contribution is -2.09. The van der Waals surface area contributed by atoms with Gasteiger partial charge in [0.05, 0.1) is 12.8 Å². The van der Waals surface area contributed by atoms with Crippen LogP contribution in [-0.2, 0) is 4.74 Å². The first-order valence-electron chi connectivity index (χ1n) is 8.87. The summed E-state index contributed by atoms with van der Waals surface area (Å²) in [5.74, 6) is 2.08. The van der Waals surface area contributed by atoms with Gasteiger partial charge in [0.2, 0.25) is 5.95 Å². The molecule has 6 nitrogen and oxygen atoms in total. The Labute approximate surface area is 159 Å². The van der Waals surface area contributed by atoms with Crippen molar-refractivity contribution in [1.82, 2.24) is 9.97 Å². The zero-order valence-corrected chi connectivity index (χ0v) is 15.6. The molecule has 0 radical (unpaired) electrons. The van der Waals surface area contributed by atoms with Crippen LogP contribution >= 0.6 is 0 Å². The Bertz CT molecular complexity index is 856. The molecular formula is C21H24N4O2. The van der Waals surface area contributed by atoms with E-state index in [9.17, 15) is 0 Å². The number of methoxy groups -OCH3 is 2. The monoisotopic (exact) mass is 364 g/mol. The molecule has 0 atom stereocenters. The fourth-order valence-electron chi connectivity index (χ4n) is 2.61. The molecule has 0 aliphatic rings. The van der Waals surface area contributed by atoms with Crippen LogP contribution in [0.25, 0.3) is 11.3 Å². The molecule has 0 unspecified atom stereocenters. The predicted octanol–water partition coefficient (Wildman–Crippen LogP) is 4.34. The second-order valence-electron chi connectivity index (χ2n) is 5.96. The van der Waals surface area contributed by atoms with Crippen molar-refractivity contribution in [3.8, 4) is 17.0 Å². The van der Waals surface area contributed by atoms with Crippen molar-refractivity contribution in [2.45, 2.75) is 6.42 Å². The van der Waals surface area contributed by atoms with Gasteiger partial charge in [0.15, 0.2) is 0 Å². The maximum atomic E-state index is 5.29. The summed E-state index contributed by atoms with van der Waals surface area (Å²) in [7, 11) is 3.35. The highest BCUT2D eigenvalue weighted by atomic mass is 16.5. The lowest BCUT2D eigenvalue weighted by atomic mass is 10.1. The van der Waals surface area contributed by atoms with Gasteiger partial charge in [0.1, 0.15) is 11.6 Å². The van der Waals surface area contributed by atoms with Crippen LogP contribution in [0.15, 0.2) is 60.7 Å². The van der Waals surface area contributed by atoms with Crippen molar-refractivity contribution in [2.24, 2.45) is 0 Å². The molecule has 1 aromatic heterocycles. The Kier molecular flexibility index (Phi) is 6.60. The second kappa shape index (κ2) is 9.54. The Morgan fingerprint density at radius 1 is 0.926 bits per heavy atom. The summed E-state index contributed by atoms with van der Waals surface area (Å²) >= 11 is 0. The summed E-state index contributed by atoms with van der Waals surface area (Å²) in [5.41, 5.74) is 2.79. The number of rotatable bonds is 9. The van der Waals surface area contributed by atoms with Gasteiger partial charge in [-0.25, -0.2) is 4.98 Å². The number of benzene rings is 2. The van der Waals surface area contributed by atoms with Crippen molar-refractivity contribution in [2.75, 3.05) is 38.0 Å². The van der Waals surface area contributed by atoms with E-state index < -0.39 is 0 Å². The average molecular weight is 364 g/mol. The number of ether oxygens (including phenoxy) is 2. The van der Waals surface area contributed by atoms with E-state index in [0.717, 1.165) is 35.7 Å². The summed E-state index contributed by atoms with van der Waals surface area (Å²) in [6, 6.07) is 19.7. The lowest BCUT2D eigenvalue weighted by molar-refractivity contribution is 0.197. The smallest absolute Gasteiger partial charge is 0.225 e. The van der Waals surface area contributed by atoms with Crippen LogP contribution in [-0.4, -0.2) is 37.3 Å². The van der Waals surface area contributed by atoms with E-state index in [1.54, 1.807) is 14.2 Å². The molecule has 0 spiro atoms. The molecule has 0 bridgehead atoms. The number of aromatic nitrogens is 2. The molecule has 0 aliphatic heterocycles. The van der Waals surface area contributed by atoms with Gasteiger partial charge in [-0.3, -0.25) is 0 Å². The van der Waals surface area contributed by atoms with Gasteiger partial charge in [-0.15, -0.1) is 0 Å². The van der Waals surface area contributed by atoms with Crippen molar-refractivity contribution >= 4 is 17.5 Å². The largest absolute Gasteiger partial charge is 0.497 e. The highest BCUT2D eigenvalue weighted by Gasteiger charge is 2.07. The number of anilines is 3. The molecule has 3 rings (SSSR count). The summed E-state index contributed by atoms with van der Waals surface area (Å²) in [4.78, 5) is 9.24. The third kappa shape index (κ3) is 5.43. The highest BCUT2D eigenvalue weighted by molar-refractivity contribution is 5.67. The van der Waals surface area contributed by atoms with Crippen LogP contribution in [0.2, 0.25) is 0 Å². The summed E-state index contributed by atoms with van der Waals surface area (Å²) in [5, 5.41) is 6.61. The van der Waals surface area contributed by atoms with E-state index in [-0.39, 0.29) is 0 Å². The maximum absolute atomic E-state index is 5.29. The van der Waals surface area contributed by atoms with Crippen molar-refractivity contribution in [3.63, 3.8) is 0 Å². The number of nitrogens with one attached hydrogen (secondary N) is 2. The minimum absolute atomic E-state index is 0.581. The highest BCUT2D eigenvalue weighted by Crippen LogP contribution is 2.25. The zero-order valence-electron chi connectivity index (χ0n) is 15.6. The van der Waals surface area contributed by atoms with Crippen LogP contribution in [0, 0.1) is 0 Å². The average Bonchev–Trinajstić information content (AvgIpc) is 2.72. The first kappa shape index (κ1) is 18.7. The molecule has 2 N–H and O–H groups in total. The Morgan fingerprint density at radius 2 is 1.78 bits per heavy atom. The van der Waals surface area contributed by atoms with E-state index in [0.29, 0.717) is 18.4 Å². The Morgan fingerprint density at radius 3 is 2.56 bits per heavy atom. The zero-order chi connectivity index (χ0) is 18.9. The standard InChI is InChI=1S/C21H24N4O2/c1-26-13-7-12-22-21-24-19(16-8-4-3-5-9-16)15-20(25-21)23-17-10-6-11-18(14-17)27-2/h3-6,8-11,14-15H,7,12-13H2,1-2H3,(H2,22,23,24,25). The van der Waals surface area contributed by atoms with Gasteiger partial charge in [-0.1, -0.05) is 36.4 Å². The first-order valence-corrected chi connectivity index (χ1v) is 8.87. The normalized spacial score (nSPS) is 10.4. The van der Waals surface area contributed by atoms with E-state index >= 15 is 0 Å². The molecule has 0 aliphatic carbocycles. The molecule has 0 amide bonds. The van der Waals surface area contributed by atoms with Crippen molar-refractivity contribution in [1.29, 1.82) is 0 Å². The maximum Gasteiger partial charge on any atom is 0.225 e. The second-order valence-corrected chi connectivity index (χ2v) is 5.96. The third-order valence-electron chi connectivity index (χ3n) is 3.95. The SMILES string of the molecule is COCCCNc1nc(Nc2cccc(OC)c2)cc(-c2ccccc2)n1. The van der Waals surface area contributed by atoms with E-state index in [1.165, 1.54) is 0 Å². The van der Waals surface area contributed by atoms with E-state index in [2.05, 4.69) is 20.6 Å². The number of hydrogen-bond donors (Lipinski definition) is 2.